The average Bonchev–Trinajstić information content (AvgIpc) is 2.77. The van der Waals surface area contributed by atoms with Crippen LogP contribution in [-0.2, 0) is 0 Å². The largest absolute Gasteiger partial charge is 0.223 e. The van der Waals surface area contributed by atoms with Gasteiger partial charge in [0.25, 0.3) is 0 Å². The highest BCUT2D eigenvalue weighted by molar-refractivity contribution is 5.41. The molecule has 2 rings (SSSR count). The van der Waals surface area contributed by atoms with Crippen LogP contribution in [0.3, 0.4) is 0 Å². The monoisotopic (exact) mass is 194 g/mol. The van der Waals surface area contributed by atoms with Gasteiger partial charge in [-0.25, -0.2) is 4.68 Å². The van der Waals surface area contributed by atoms with E-state index in [0.29, 0.717) is 11.3 Å². The summed E-state index contributed by atoms with van der Waals surface area (Å²) < 4.78 is 1.53. The van der Waals surface area contributed by atoms with Crippen LogP contribution in [0.4, 0.5) is 0 Å². The predicted molar refractivity (Wildman–Crippen MR) is 53.0 cm³/mol. The lowest BCUT2D eigenvalue weighted by molar-refractivity contribution is 0.866. The molecule has 0 aliphatic rings. The lowest BCUT2D eigenvalue weighted by Crippen LogP contribution is -1.98. The summed E-state index contributed by atoms with van der Waals surface area (Å²) in [5.74, 6) is 0. The Bertz CT molecular complexity index is 552. The molecule has 0 bridgehead atoms. The van der Waals surface area contributed by atoms with Crippen molar-refractivity contribution in [3.8, 4) is 17.8 Å². The zero-order valence-electron chi connectivity index (χ0n) is 7.75. The topological polar surface area (TPSA) is 65.4 Å². The second kappa shape index (κ2) is 3.65. The van der Waals surface area contributed by atoms with E-state index in [1.807, 2.05) is 12.1 Å². The Morgan fingerprint density at radius 1 is 1.00 bits per heavy atom. The van der Waals surface area contributed by atoms with Crippen molar-refractivity contribution in [3.05, 3.63) is 47.8 Å². The summed E-state index contributed by atoms with van der Waals surface area (Å²) in [6, 6.07) is 12.6. The molecule has 4 nitrogen and oxygen atoms in total. The summed E-state index contributed by atoms with van der Waals surface area (Å²) in [5.41, 5.74) is 1.83. The second-order valence-electron chi connectivity index (χ2n) is 2.90. The van der Waals surface area contributed by atoms with Gasteiger partial charge in [0.15, 0.2) is 0 Å². The molecule has 0 saturated carbocycles. The first-order valence-electron chi connectivity index (χ1n) is 4.30. The van der Waals surface area contributed by atoms with Gasteiger partial charge in [0.2, 0.25) is 0 Å². The van der Waals surface area contributed by atoms with Crippen molar-refractivity contribution in [2.75, 3.05) is 0 Å². The Morgan fingerprint density at radius 2 is 1.73 bits per heavy atom. The minimum absolute atomic E-state index is 0.472. The van der Waals surface area contributed by atoms with Crippen molar-refractivity contribution in [2.45, 2.75) is 0 Å². The molecule has 1 heterocycles. The van der Waals surface area contributed by atoms with Gasteiger partial charge >= 0.3 is 0 Å². The third kappa shape index (κ3) is 1.56. The van der Waals surface area contributed by atoms with E-state index in [0.717, 1.165) is 5.69 Å². The van der Waals surface area contributed by atoms with Crippen molar-refractivity contribution in [1.82, 2.24) is 9.78 Å². The van der Waals surface area contributed by atoms with Crippen molar-refractivity contribution >= 4 is 0 Å². The van der Waals surface area contributed by atoms with E-state index in [-0.39, 0.29) is 0 Å². The van der Waals surface area contributed by atoms with E-state index in [1.54, 1.807) is 36.5 Å². The molecule has 0 aliphatic heterocycles. The molecule has 2 aromatic rings. The molecule has 0 radical (unpaired) electrons. The van der Waals surface area contributed by atoms with Crippen LogP contribution in [0.2, 0.25) is 0 Å². The van der Waals surface area contributed by atoms with Gasteiger partial charge in [-0.3, -0.25) is 0 Å². The highest BCUT2D eigenvalue weighted by atomic mass is 15.3. The second-order valence-corrected chi connectivity index (χ2v) is 2.90. The number of nitrogens with zero attached hydrogens (tertiary/aromatic N) is 4. The molecule has 0 saturated heterocycles. The van der Waals surface area contributed by atoms with Crippen LogP contribution in [-0.4, -0.2) is 9.78 Å². The van der Waals surface area contributed by atoms with Crippen LogP contribution >= 0.6 is 0 Å². The van der Waals surface area contributed by atoms with Crippen LogP contribution in [0.25, 0.3) is 5.69 Å². The van der Waals surface area contributed by atoms with E-state index in [1.165, 1.54) is 4.68 Å². The van der Waals surface area contributed by atoms with E-state index in [9.17, 15) is 0 Å². The molecule has 15 heavy (non-hydrogen) atoms. The summed E-state index contributed by atoms with van der Waals surface area (Å²) in [4.78, 5) is 0. The standard InChI is InChI=1S/C11H6N4/c12-7-9-1-3-10(4-2-9)15-11(8-13)5-6-14-15/h1-6H. The quantitative estimate of drug-likeness (QED) is 0.692. The molecule has 0 N–H and O–H groups in total. The summed E-state index contributed by atoms with van der Waals surface area (Å²) in [7, 11) is 0. The molecule has 0 aliphatic carbocycles. The van der Waals surface area contributed by atoms with Crippen molar-refractivity contribution in [1.29, 1.82) is 10.5 Å². The molecule has 0 unspecified atom stereocenters. The molecule has 4 heteroatoms. The fourth-order valence-electron chi connectivity index (χ4n) is 1.27. The van der Waals surface area contributed by atoms with Gasteiger partial charge in [0, 0.05) is 0 Å². The summed E-state index contributed by atoms with van der Waals surface area (Å²) >= 11 is 0. The molecule has 0 amide bonds. The van der Waals surface area contributed by atoms with Gasteiger partial charge in [-0.1, -0.05) is 0 Å². The maximum absolute atomic E-state index is 8.81. The van der Waals surface area contributed by atoms with Crippen molar-refractivity contribution in [2.24, 2.45) is 0 Å². The van der Waals surface area contributed by atoms with Gasteiger partial charge in [0.05, 0.1) is 23.5 Å². The summed E-state index contributed by atoms with van der Waals surface area (Å²) in [5, 5.41) is 21.5. The normalized spacial score (nSPS) is 9.20. The van der Waals surface area contributed by atoms with Crippen LogP contribution in [0.15, 0.2) is 36.5 Å². The van der Waals surface area contributed by atoms with E-state index >= 15 is 0 Å². The van der Waals surface area contributed by atoms with Gasteiger partial charge in [0.1, 0.15) is 11.8 Å². The van der Waals surface area contributed by atoms with E-state index in [4.69, 9.17) is 10.5 Å². The zero-order chi connectivity index (χ0) is 10.7. The van der Waals surface area contributed by atoms with Crippen LogP contribution in [0, 0.1) is 22.7 Å². The number of hydrogen-bond donors (Lipinski definition) is 0. The Hall–Kier alpha value is -2.59. The molecule has 1 aromatic heterocycles. The van der Waals surface area contributed by atoms with Gasteiger partial charge in [-0.15, -0.1) is 0 Å². The van der Waals surface area contributed by atoms with Gasteiger partial charge in [-0.2, -0.15) is 15.6 Å². The van der Waals surface area contributed by atoms with Gasteiger partial charge in [-0.05, 0) is 30.3 Å². The molecule has 0 fully saturated rings. The highest BCUT2D eigenvalue weighted by Crippen LogP contribution is 2.10. The molecule has 70 valence electrons. The number of aromatic nitrogens is 2. The lowest BCUT2D eigenvalue weighted by Gasteiger charge is -2.01. The first kappa shape index (κ1) is 8.98. The number of hydrogen-bond acceptors (Lipinski definition) is 3. The highest BCUT2D eigenvalue weighted by Gasteiger charge is 2.03. The fourth-order valence-corrected chi connectivity index (χ4v) is 1.27. The number of benzene rings is 1. The fraction of sp³-hybridized carbons (Fsp3) is 0. The Labute approximate surface area is 86.6 Å². The Balaban J connectivity index is 2.48. The van der Waals surface area contributed by atoms with Gasteiger partial charge < -0.3 is 0 Å². The van der Waals surface area contributed by atoms with E-state index in [2.05, 4.69) is 5.10 Å². The van der Waals surface area contributed by atoms with E-state index < -0.39 is 0 Å². The average molecular weight is 194 g/mol. The van der Waals surface area contributed by atoms with Crippen molar-refractivity contribution < 1.29 is 0 Å². The first-order valence-corrected chi connectivity index (χ1v) is 4.30. The Kier molecular flexibility index (Phi) is 2.19. The maximum atomic E-state index is 8.81. The first-order chi connectivity index (χ1) is 7.35. The molecule has 1 aromatic carbocycles. The summed E-state index contributed by atoms with van der Waals surface area (Å²) in [6.07, 6.45) is 1.57. The lowest BCUT2D eigenvalue weighted by atomic mass is 10.2. The van der Waals surface area contributed by atoms with Crippen LogP contribution in [0.5, 0.6) is 0 Å². The third-order valence-corrected chi connectivity index (χ3v) is 2.00. The molecule has 0 atom stereocenters. The Morgan fingerprint density at radius 3 is 2.33 bits per heavy atom. The SMILES string of the molecule is N#Cc1ccc(-n2nccc2C#N)cc1. The smallest absolute Gasteiger partial charge is 0.144 e. The number of rotatable bonds is 1. The molecular weight excluding hydrogens is 188 g/mol. The maximum Gasteiger partial charge on any atom is 0.144 e. The predicted octanol–water partition coefficient (Wildman–Crippen LogP) is 1.62. The van der Waals surface area contributed by atoms with Crippen LogP contribution in [0.1, 0.15) is 11.3 Å². The zero-order valence-corrected chi connectivity index (χ0v) is 7.75. The molecular formula is C11H6N4. The molecule has 0 spiro atoms. The minimum atomic E-state index is 0.472. The van der Waals surface area contributed by atoms with Crippen LogP contribution < -0.4 is 0 Å². The third-order valence-electron chi connectivity index (χ3n) is 2.00. The van der Waals surface area contributed by atoms with Crippen molar-refractivity contribution in [3.63, 3.8) is 0 Å². The minimum Gasteiger partial charge on any atom is -0.223 e. The summed E-state index contributed by atoms with van der Waals surface area (Å²) in [6.45, 7) is 0. The number of nitriles is 2.